The average molecular weight is 241 g/mol. The second-order valence-corrected chi connectivity index (χ2v) is 3.99. The monoisotopic (exact) mass is 241 g/mol. The highest BCUT2D eigenvalue weighted by Crippen LogP contribution is 2.21. The molecule has 17 heavy (non-hydrogen) atoms. The number of nitrogens with two attached hydrogens (primary N) is 1. The van der Waals surface area contributed by atoms with Crippen LogP contribution in [0.5, 0.6) is 5.75 Å². The van der Waals surface area contributed by atoms with E-state index in [1.165, 1.54) is 13.2 Å². The van der Waals surface area contributed by atoms with E-state index in [0.717, 1.165) is 0 Å². The molecule has 2 N–H and O–H groups in total. The number of benzene rings is 1. The van der Waals surface area contributed by atoms with E-state index in [4.69, 9.17) is 19.9 Å². The van der Waals surface area contributed by atoms with Gasteiger partial charge in [0.05, 0.1) is 33.0 Å². The first-order chi connectivity index (χ1) is 8.20. The van der Waals surface area contributed by atoms with Crippen LogP contribution in [0, 0.1) is 5.82 Å². The van der Waals surface area contributed by atoms with Gasteiger partial charge < -0.3 is 19.9 Å². The topological polar surface area (TPSA) is 53.7 Å². The second kappa shape index (κ2) is 5.44. The molecule has 1 aliphatic rings. The van der Waals surface area contributed by atoms with E-state index in [1.807, 2.05) is 0 Å². The average Bonchev–Trinajstić information content (AvgIpc) is 2.26. The lowest BCUT2D eigenvalue weighted by Gasteiger charge is -2.27. The minimum atomic E-state index is -0.410. The summed E-state index contributed by atoms with van der Waals surface area (Å²) >= 11 is 0. The van der Waals surface area contributed by atoms with Gasteiger partial charge in [-0.1, -0.05) is 6.07 Å². The number of ether oxygens (including phenoxy) is 3. The first kappa shape index (κ1) is 12.3. The molecule has 0 amide bonds. The Hall–Kier alpha value is -1.17. The molecular weight excluding hydrogens is 225 g/mol. The fraction of sp³-hybridized carbons (Fsp3) is 0.500. The summed E-state index contributed by atoms with van der Waals surface area (Å²) in [4.78, 5) is 0. The fourth-order valence-electron chi connectivity index (χ4n) is 1.56. The highest BCUT2D eigenvalue weighted by atomic mass is 19.1. The predicted octanol–water partition coefficient (Wildman–Crippen LogP) is 1.25. The van der Waals surface area contributed by atoms with Crippen molar-refractivity contribution in [2.45, 2.75) is 12.1 Å². The summed E-state index contributed by atoms with van der Waals surface area (Å²) in [6.07, 6.45) is 0.129. The number of rotatable bonds is 5. The third-order valence-corrected chi connectivity index (χ3v) is 2.72. The minimum absolute atomic E-state index is 0.129. The van der Waals surface area contributed by atoms with Crippen molar-refractivity contribution in [1.29, 1.82) is 0 Å². The largest absolute Gasteiger partial charge is 0.494 e. The highest BCUT2D eigenvalue weighted by Gasteiger charge is 2.20. The molecule has 0 spiro atoms. The lowest BCUT2D eigenvalue weighted by Crippen LogP contribution is -2.37. The number of halogens is 1. The summed E-state index contributed by atoms with van der Waals surface area (Å²) in [5, 5.41) is 0. The van der Waals surface area contributed by atoms with E-state index in [1.54, 1.807) is 12.1 Å². The molecule has 0 aliphatic carbocycles. The third kappa shape index (κ3) is 2.94. The van der Waals surface area contributed by atoms with Gasteiger partial charge in [0.1, 0.15) is 6.10 Å². The molecule has 0 saturated carbocycles. The molecule has 2 rings (SSSR count). The minimum Gasteiger partial charge on any atom is -0.494 e. The van der Waals surface area contributed by atoms with E-state index < -0.39 is 5.82 Å². The van der Waals surface area contributed by atoms with Crippen LogP contribution in [0.4, 0.5) is 4.39 Å². The Labute approximate surface area is 99.5 Å². The summed E-state index contributed by atoms with van der Waals surface area (Å²) in [5.41, 5.74) is 6.61. The molecule has 1 fully saturated rings. The Balaban J connectivity index is 1.93. The van der Waals surface area contributed by atoms with E-state index in [-0.39, 0.29) is 17.9 Å². The maximum Gasteiger partial charge on any atom is 0.165 e. The molecule has 94 valence electrons. The Bertz CT molecular complexity index is 382. The Morgan fingerprint density at radius 1 is 1.53 bits per heavy atom. The molecule has 1 aliphatic heterocycles. The SMILES string of the molecule is COc1ccc(C(N)COC2COC2)cc1F. The maximum atomic E-state index is 13.4. The summed E-state index contributed by atoms with van der Waals surface area (Å²) < 4.78 is 28.8. The van der Waals surface area contributed by atoms with Gasteiger partial charge in [-0.2, -0.15) is 0 Å². The van der Waals surface area contributed by atoms with Gasteiger partial charge in [0.2, 0.25) is 0 Å². The van der Waals surface area contributed by atoms with Gasteiger partial charge in [-0.15, -0.1) is 0 Å². The summed E-state index contributed by atoms with van der Waals surface area (Å²) in [5.74, 6) is -0.193. The lowest BCUT2D eigenvalue weighted by atomic mass is 10.1. The van der Waals surface area contributed by atoms with Crippen molar-refractivity contribution < 1.29 is 18.6 Å². The molecule has 1 saturated heterocycles. The van der Waals surface area contributed by atoms with Crippen LogP contribution < -0.4 is 10.5 Å². The highest BCUT2D eigenvalue weighted by molar-refractivity contribution is 5.30. The van der Waals surface area contributed by atoms with Crippen molar-refractivity contribution >= 4 is 0 Å². The van der Waals surface area contributed by atoms with Crippen LogP contribution in [0.1, 0.15) is 11.6 Å². The molecule has 0 aromatic heterocycles. The molecule has 1 unspecified atom stereocenters. The van der Waals surface area contributed by atoms with Crippen LogP contribution in [-0.2, 0) is 9.47 Å². The molecule has 0 radical (unpaired) electrons. The normalized spacial score (nSPS) is 17.6. The van der Waals surface area contributed by atoms with Gasteiger partial charge >= 0.3 is 0 Å². The summed E-state index contributed by atoms with van der Waals surface area (Å²) in [6, 6.07) is 4.35. The molecule has 5 heteroatoms. The quantitative estimate of drug-likeness (QED) is 0.843. The predicted molar refractivity (Wildman–Crippen MR) is 60.4 cm³/mol. The molecule has 0 bridgehead atoms. The van der Waals surface area contributed by atoms with Crippen molar-refractivity contribution in [3.8, 4) is 5.75 Å². The van der Waals surface area contributed by atoms with Crippen LogP contribution >= 0.6 is 0 Å². The van der Waals surface area contributed by atoms with E-state index in [9.17, 15) is 4.39 Å². The van der Waals surface area contributed by atoms with Crippen molar-refractivity contribution in [3.05, 3.63) is 29.6 Å². The smallest absolute Gasteiger partial charge is 0.165 e. The lowest BCUT2D eigenvalue weighted by molar-refractivity contribution is -0.131. The van der Waals surface area contributed by atoms with Crippen molar-refractivity contribution in [2.75, 3.05) is 26.9 Å². The van der Waals surface area contributed by atoms with Crippen LogP contribution in [0.15, 0.2) is 18.2 Å². The molecule has 1 heterocycles. The van der Waals surface area contributed by atoms with Crippen molar-refractivity contribution in [1.82, 2.24) is 0 Å². The van der Waals surface area contributed by atoms with Gasteiger partial charge in [0.15, 0.2) is 11.6 Å². The van der Waals surface area contributed by atoms with Gasteiger partial charge in [-0.05, 0) is 17.7 Å². The Morgan fingerprint density at radius 3 is 2.82 bits per heavy atom. The van der Waals surface area contributed by atoms with Crippen LogP contribution in [-0.4, -0.2) is 33.0 Å². The van der Waals surface area contributed by atoms with Gasteiger partial charge in [-0.25, -0.2) is 4.39 Å². The molecule has 1 aromatic carbocycles. The second-order valence-electron chi connectivity index (χ2n) is 3.99. The number of hydrogen-bond donors (Lipinski definition) is 1. The number of hydrogen-bond acceptors (Lipinski definition) is 4. The Kier molecular flexibility index (Phi) is 3.93. The van der Waals surface area contributed by atoms with E-state index in [0.29, 0.717) is 25.4 Å². The van der Waals surface area contributed by atoms with Crippen molar-refractivity contribution in [3.63, 3.8) is 0 Å². The van der Waals surface area contributed by atoms with E-state index in [2.05, 4.69) is 0 Å². The van der Waals surface area contributed by atoms with Crippen LogP contribution in [0.25, 0.3) is 0 Å². The van der Waals surface area contributed by atoms with Gasteiger partial charge in [0.25, 0.3) is 0 Å². The van der Waals surface area contributed by atoms with Gasteiger partial charge in [0, 0.05) is 0 Å². The Morgan fingerprint density at radius 2 is 2.29 bits per heavy atom. The molecule has 1 atom stereocenters. The molecule has 1 aromatic rings. The van der Waals surface area contributed by atoms with Crippen LogP contribution in [0.3, 0.4) is 0 Å². The van der Waals surface area contributed by atoms with Crippen LogP contribution in [0.2, 0.25) is 0 Å². The third-order valence-electron chi connectivity index (χ3n) is 2.72. The summed E-state index contributed by atoms with van der Waals surface area (Å²) in [7, 11) is 1.43. The maximum absolute atomic E-state index is 13.4. The zero-order chi connectivity index (χ0) is 12.3. The standard InChI is InChI=1S/C12H16FNO3/c1-15-12-3-2-8(4-10(12)13)11(14)7-17-9-5-16-6-9/h2-4,9,11H,5-7,14H2,1H3. The summed E-state index contributed by atoms with van der Waals surface area (Å²) in [6.45, 7) is 1.59. The number of methoxy groups -OCH3 is 1. The fourth-order valence-corrected chi connectivity index (χ4v) is 1.56. The molecular formula is C12H16FNO3. The first-order valence-electron chi connectivity index (χ1n) is 5.49. The first-order valence-corrected chi connectivity index (χ1v) is 5.49. The van der Waals surface area contributed by atoms with E-state index >= 15 is 0 Å². The zero-order valence-electron chi connectivity index (χ0n) is 9.69. The van der Waals surface area contributed by atoms with Gasteiger partial charge in [-0.3, -0.25) is 0 Å². The zero-order valence-corrected chi connectivity index (χ0v) is 9.69. The molecule has 4 nitrogen and oxygen atoms in total. The van der Waals surface area contributed by atoms with Crippen molar-refractivity contribution in [2.24, 2.45) is 5.73 Å².